The molecule has 2 aromatic heterocycles. The molecule has 150 valence electrons. The van der Waals surface area contributed by atoms with E-state index in [1.807, 2.05) is 32.6 Å². The van der Waals surface area contributed by atoms with Gasteiger partial charge in [0, 0.05) is 32.7 Å². The number of piperazine rings is 1. The summed E-state index contributed by atoms with van der Waals surface area (Å²) < 4.78 is 1.33. The van der Waals surface area contributed by atoms with Crippen molar-refractivity contribution in [1.82, 2.24) is 25.0 Å². The molecule has 2 aromatic rings. The molecule has 27 heavy (non-hydrogen) atoms. The third-order valence-corrected chi connectivity index (χ3v) is 5.86. The SMILES string of the molecule is Cc1nc(-c2c(C)c(C)nn(C)c2=O)sc1C(=O)N1CCNC[C@@H]1C.Cl.Cl. The van der Waals surface area contributed by atoms with Crippen molar-refractivity contribution < 1.29 is 4.79 Å². The van der Waals surface area contributed by atoms with Crippen molar-refractivity contribution in [3.8, 4) is 10.6 Å². The number of thiazole rings is 1. The molecule has 0 unspecified atom stereocenters. The summed E-state index contributed by atoms with van der Waals surface area (Å²) in [6.07, 6.45) is 0. The molecule has 3 rings (SSSR count). The van der Waals surface area contributed by atoms with E-state index in [4.69, 9.17) is 0 Å². The summed E-state index contributed by atoms with van der Waals surface area (Å²) in [5.41, 5.74) is 2.62. The third kappa shape index (κ3) is 4.34. The van der Waals surface area contributed by atoms with Crippen molar-refractivity contribution in [3.05, 3.63) is 32.2 Å². The molecular weight excluding hydrogens is 409 g/mol. The number of hydrogen-bond donors (Lipinski definition) is 1. The van der Waals surface area contributed by atoms with E-state index in [1.54, 1.807) is 7.05 Å². The highest BCUT2D eigenvalue weighted by molar-refractivity contribution is 7.17. The molecule has 1 aliphatic heterocycles. The molecule has 0 aromatic carbocycles. The molecule has 1 amide bonds. The van der Waals surface area contributed by atoms with Crippen LogP contribution in [0.1, 0.15) is 33.5 Å². The van der Waals surface area contributed by atoms with E-state index in [9.17, 15) is 9.59 Å². The predicted octanol–water partition coefficient (Wildman–Crippen LogP) is 2.11. The fourth-order valence-electron chi connectivity index (χ4n) is 3.08. The highest BCUT2D eigenvalue weighted by atomic mass is 35.5. The van der Waals surface area contributed by atoms with Crippen molar-refractivity contribution in [2.75, 3.05) is 19.6 Å². The molecule has 0 bridgehead atoms. The van der Waals surface area contributed by atoms with E-state index in [-0.39, 0.29) is 42.3 Å². The quantitative estimate of drug-likeness (QED) is 0.783. The van der Waals surface area contributed by atoms with E-state index in [1.165, 1.54) is 16.0 Å². The summed E-state index contributed by atoms with van der Waals surface area (Å²) >= 11 is 1.30. The van der Waals surface area contributed by atoms with Crippen LogP contribution in [0.5, 0.6) is 0 Å². The molecule has 0 aliphatic carbocycles. The van der Waals surface area contributed by atoms with Gasteiger partial charge in [0.25, 0.3) is 11.5 Å². The molecule has 0 spiro atoms. The molecule has 1 saturated heterocycles. The first-order valence-corrected chi connectivity index (χ1v) is 9.17. The van der Waals surface area contributed by atoms with Crippen molar-refractivity contribution in [1.29, 1.82) is 0 Å². The minimum atomic E-state index is -0.189. The largest absolute Gasteiger partial charge is 0.333 e. The van der Waals surface area contributed by atoms with E-state index in [2.05, 4.69) is 15.4 Å². The summed E-state index contributed by atoms with van der Waals surface area (Å²) in [5.74, 6) is -0.00416. The Morgan fingerprint density at radius 2 is 1.89 bits per heavy atom. The Bertz CT molecular complexity index is 896. The first-order chi connectivity index (χ1) is 11.8. The maximum absolute atomic E-state index is 13.0. The molecule has 1 N–H and O–H groups in total. The number of aromatic nitrogens is 3. The Balaban J connectivity index is 0.00000182. The summed E-state index contributed by atoms with van der Waals surface area (Å²) in [7, 11) is 1.63. The summed E-state index contributed by atoms with van der Waals surface area (Å²) in [6.45, 7) is 9.87. The van der Waals surface area contributed by atoms with Gasteiger partial charge in [-0.25, -0.2) is 9.67 Å². The monoisotopic (exact) mass is 433 g/mol. The normalized spacial score (nSPS) is 16.5. The minimum Gasteiger partial charge on any atom is -0.333 e. The zero-order valence-corrected chi connectivity index (χ0v) is 18.5. The van der Waals surface area contributed by atoms with Gasteiger partial charge < -0.3 is 10.2 Å². The van der Waals surface area contributed by atoms with Crippen LogP contribution in [-0.4, -0.2) is 51.2 Å². The molecule has 1 fully saturated rings. The van der Waals surface area contributed by atoms with Crippen molar-refractivity contribution >= 4 is 42.1 Å². The van der Waals surface area contributed by atoms with Crippen molar-refractivity contribution in [3.63, 3.8) is 0 Å². The second-order valence-corrected chi connectivity index (χ2v) is 7.50. The van der Waals surface area contributed by atoms with Gasteiger partial charge in [-0.05, 0) is 33.3 Å². The van der Waals surface area contributed by atoms with Crippen LogP contribution in [0, 0.1) is 20.8 Å². The highest BCUT2D eigenvalue weighted by Crippen LogP contribution is 2.30. The Morgan fingerprint density at radius 1 is 1.22 bits per heavy atom. The van der Waals surface area contributed by atoms with E-state index in [0.717, 1.165) is 24.3 Å². The molecule has 10 heteroatoms. The van der Waals surface area contributed by atoms with Crippen LogP contribution >= 0.6 is 36.2 Å². The Kier molecular flexibility index (Phi) is 7.98. The maximum Gasteiger partial charge on any atom is 0.277 e. The Labute approximate surface area is 175 Å². The van der Waals surface area contributed by atoms with Crippen LogP contribution in [0.25, 0.3) is 10.6 Å². The molecule has 0 saturated carbocycles. The Morgan fingerprint density at radius 3 is 2.52 bits per heavy atom. The van der Waals surface area contributed by atoms with Crippen LogP contribution in [0.4, 0.5) is 0 Å². The second kappa shape index (κ2) is 9.14. The number of carbonyl (C=O) groups is 1. The molecule has 0 radical (unpaired) electrons. The number of aryl methyl sites for hydroxylation is 3. The van der Waals surface area contributed by atoms with Gasteiger partial charge in [0.1, 0.15) is 9.88 Å². The predicted molar refractivity (Wildman–Crippen MR) is 113 cm³/mol. The van der Waals surface area contributed by atoms with Gasteiger partial charge in [0.15, 0.2) is 0 Å². The summed E-state index contributed by atoms with van der Waals surface area (Å²) in [5, 5.41) is 8.08. The van der Waals surface area contributed by atoms with Gasteiger partial charge in [-0.15, -0.1) is 36.2 Å². The second-order valence-electron chi connectivity index (χ2n) is 6.50. The van der Waals surface area contributed by atoms with E-state index in [0.29, 0.717) is 27.7 Å². The number of amides is 1. The van der Waals surface area contributed by atoms with E-state index >= 15 is 0 Å². The highest BCUT2D eigenvalue weighted by Gasteiger charge is 2.28. The zero-order chi connectivity index (χ0) is 18.3. The zero-order valence-electron chi connectivity index (χ0n) is 16.0. The number of halogens is 2. The van der Waals surface area contributed by atoms with Crippen LogP contribution in [0.3, 0.4) is 0 Å². The summed E-state index contributed by atoms with van der Waals surface area (Å²) in [4.78, 5) is 32.5. The van der Waals surface area contributed by atoms with Gasteiger partial charge in [-0.2, -0.15) is 5.10 Å². The third-order valence-electron chi connectivity index (χ3n) is 4.69. The molecule has 7 nitrogen and oxygen atoms in total. The van der Waals surface area contributed by atoms with Crippen LogP contribution in [0.2, 0.25) is 0 Å². The van der Waals surface area contributed by atoms with Gasteiger partial charge in [-0.3, -0.25) is 9.59 Å². The van der Waals surface area contributed by atoms with Gasteiger partial charge in [-0.1, -0.05) is 0 Å². The lowest BCUT2D eigenvalue weighted by molar-refractivity contribution is 0.0660. The lowest BCUT2D eigenvalue weighted by Gasteiger charge is -2.33. The van der Waals surface area contributed by atoms with Crippen LogP contribution in [0.15, 0.2) is 4.79 Å². The summed E-state index contributed by atoms with van der Waals surface area (Å²) in [6, 6.07) is 0.143. The fraction of sp³-hybridized carbons (Fsp3) is 0.529. The standard InChI is InChI=1S/C17H23N5O2S.2ClH/c1-9-8-18-6-7-22(9)17(24)14-12(4)19-15(25-14)13-10(2)11(3)20-21(5)16(13)23;;/h9,18H,6-8H2,1-5H3;2*1H/t9-;;/m0../s1. The average Bonchev–Trinajstić information content (AvgIpc) is 2.94. The first kappa shape index (κ1) is 23.6. The van der Waals surface area contributed by atoms with E-state index < -0.39 is 0 Å². The number of rotatable bonds is 2. The number of carbonyl (C=O) groups excluding carboxylic acids is 1. The van der Waals surface area contributed by atoms with Gasteiger partial charge in [0.2, 0.25) is 0 Å². The number of nitrogens with zero attached hydrogens (tertiary/aromatic N) is 4. The smallest absolute Gasteiger partial charge is 0.277 e. The number of hydrogen-bond acceptors (Lipinski definition) is 6. The minimum absolute atomic E-state index is 0. The lowest BCUT2D eigenvalue weighted by atomic mass is 10.1. The average molecular weight is 434 g/mol. The maximum atomic E-state index is 13.0. The topological polar surface area (TPSA) is 80.1 Å². The molecule has 1 aliphatic rings. The van der Waals surface area contributed by atoms with Crippen molar-refractivity contribution in [2.45, 2.75) is 33.7 Å². The number of nitrogens with one attached hydrogen (secondary N) is 1. The van der Waals surface area contributed by atoms with Gasteiger partial charge in [0.05, 0.1) is 17.0 Å². The Hall–Kier alpha value is -1.48. The van der Waals surface area contributed by atoms with Crippen molar-refractivity contribution in [2.24, 2.45) is 7.05 Å². The molecule has 1 atom stereocenters. The van der Waals surface area contributed by atoms with Crippen LogP contribution in [-0.2, 0) is 7.05 Å². The molecular formula is C17H25Cl2N5O2S. The first-order valence-electron chi connectivity index (χ1n) is 8.35. The molecule has 3 heterocycles. The van der Waals surface area contributed by atoms with Gasteiger partial charge >= 0.3 is 0 Å². The van der Waals surface area contributed by atoms with Crippen LogP contribution < -0.4 is 10.9 Å². The lowest BCUT2D eigenvalue weighted by Crippen LogP contribution is -2.52. The fourth-order valence-corrected chi connectivity index (χ4v) is 4.19.